The van der Waals surface area contributed by atoms with Gasteiger partial charge in [0.05, 0.1) is 5.75 Å². The molecule has 0 saturated heterocycles. The van der Waals surface area contributed by atoms with Crippen LogP contribution in [0.15, 0.2) is 47.6 Å². The molecule has 28 heavy (non-hydrogen) atoms. The number of amides is 1. The molecule has 1 aromatic heterocycles. The highest BCUT2D eigenvalue weighted by atomic mass is 32.2. The predicted molar refractivity (Wildman–Crippen MR) is 107 cm³/mol. The van der Waals surface area contributed by atoms with Crippen LogP contribution in [-0.4, -0.2) is 26.4 Å². The molecule has 0 aliphatic carbocycles. The molecule has 1 heterocycles. The molecule has 0 unspecified atom stereocenters. The van der Waals surface area contributed by atoms with Crippen LogP contribution in [0.2, 0.25) is 0 Å². The van der Waals surface area contributed by atoms with Gasteiger partial charge in [-0.25, -0.2) is 4.39 Å². The lowest BCUT2D eigenvalue weighted by molar-refractivity contribution is -0.113. The molecule has 146 valence electrons. The maximum atomic E-state index is 12.9. The van der Waals surface area contributed by atoms with Crippen molar-refractivity contribution in [3.63, 3.8) is 0 Å². The van der Waals surface area contributed by atoms with Crippen LogP contribution >= 0.6 is 11.8 Å². The van der Waals surface area contributed by atoms with Gasteiger partial charge in [-0.15, -0.1) is 10.2 Å². The van der Waals surface area contributed by atoms with E-state index < -0.39 is 0 Å². The van der Waals surface area contributed by atoms with E-state index >= 15 is 0 Å². The number of carbonyl (C=O) groups excluding carboxylic acids is 1. The average Bonchev–Trinajstić information content (AvgIpc) is 3.02. The fourth-order valence-corrected chi connectivity index (χ4v) is 3.28. The van der Waals surface area contributed by atoms with Crippen molar-refractivity contribution in [2.75, 3.05) is 11.1 Å². The quantitative estimate of drug-likeness (QED) is 0.610. The zero-order valence-corrected chi connectivity index (χ0v) is 16.7. The van der Waals surface area contributed by atoms with Gasteiger partial charge in [-0.2, -0.15) is 0 Å². The van der Waals surface area contributed by atoms with E-state index in [0.29, 0.717) is 16.7 Å². The summed E-state index contributed by atoms with van der Waals surface area (Å²) in [6.45, 7) is 4.18. The van der Waals surface area contributed by atoms with Gasteiger partial charge in [-0.1, -0.05) is 29.5 Å². The molecule has 3 rings (SSSR count). The van der Waals surface area contributed by atoms with Crippen LogP contribution in [0.4, 0.5) is 10.1 Å². The molecule has 8 heteroatoms. The van der Waals surface area contributed by atoms with E-state index in [4.69, 9.17) is 4.74 Å². The number of benzene rings is 2. The maximum Gasteiger partial charge on any atom is 0.234 e. The minimum absolute atomic E-state index is 0.107. The standard InChI is InChI=1S/C20H21FN4O2S/c1-13-4-9-17(14(2)10-13)22-19(26)12-28-20-24-23-18(25(20)3)11-27-16-7-5-15(21)6-8-16/h4-10H,11-12H2,1-3H3,(H,22,26). The lowest BCUT2D eigenvalue weighted by Gasteiger charge is -2.09. The van der Waals surface area contributed by atoms with Crippen LogP contribution in [0.1, 0.15) is 17.0 Å². The Balaban J connectivity index is 1.53. The molecule has 0 saturated carbocycles. The van der Waals surface area contributed by atoms with Crippen LogP contribution in [0.25, 0.3) is 0 Å². The van der Waals surface area contributed by atoms with Gasteiger partial charge in [0.15, 0.2) is 11.0 Å². The zero-order valence-electron chi connectivity index (χ0n) is 15.9. The lowest BCUT2D eigenvalue weighted by atomic mass is 10.1. The summed E-state index contributed by atoms with van der Waals surface area (Å²) in [6, 6.07) is 11.7. The molecular weight excluding hydrogens is 379 g/mol. The molecule has 0 radical (unpaired) electrons. The van der Waals surface area contributed by atoms with E-state index in [9.17, 15) is 9.18 Å². The molecule has 0 fully saturated rings. The summed E-state index contributed by atoms with van der Waals surface area (Å²) in [4.78, 5) is 12.2. The number of thioether (sulfide) groups is 1. The highest BCUT2D eigenvalue weighted by Crippen LogP contribution is 2.20. The van der Waals surface area contributed by atoms with Crippen molar-refractivity contribution in [1.29, 1.82) is 0 Å². The van der Waals surface area contributed by atoms with Gasteiger partial charge in [0.1, 0.15) is 18.2 Å². The van der Waals surface area contributed by atoms with Crippen molar-refractivity contribution in [3.8, 4) is 5.75 Å². The number of aromatic nitrogens is 3. The molecule has 0 aliphatic heterocycles. The summed E-state index contributed by atoms with van der Waals surface area (Å²) in [5, 5.41) is 11.7. The highest BCUT2D eigenvalue weighted by molar-refractivity contribution is 7.99. The number of ether oxygens (including phenoxy) is 1. The molecule has 1 N–H and O–H groups in total. The number of halogens is 1. The molecule has 0 atom stereocenters. The van der Waals surface area contributed by atoms with Crippen molar-refractivity contribution < 1.29 is 13.9 Å². The summed E-state index contributed by atoms with van der Waals surface area (Å²) in [6.07, 6.45) is 0. The van der Waals surface area contributed by atoms with Gasteiger partial charge in [0.25, 0.3) is 0 Å². The average molecular weight is 400 g/mol. The monoisotopic (exact) mass is 400 g/mol. The Hall–Kier alpha value is -2.87. The van der Waals surface area contributed by atoms with Crippen molar-refractivity contribution >= 4 is 23.4 Å². The Morgan fingerprint density at radius 1 is 1.18 bits per heavy atom. The number of nitrogens with zero attached hydrogens (tertiary/aromatic N) is 3. The summed E-state index contributed by atoms with van der Waals surface area (Å²) in [5.74, 6) is 0.957. The topological polar surface area (TPSA) is 69.0 Å². The summed E-state index contributed by atoms with van der Waals surface area (Å²) in [5.41, 5.74) is 2.99. The molecule has 0 aliphatic rings. The molecule has 0 bridgehead atoms. The van der Waals surface area contributed by atoms with E-state index in [1.165, 1.54) is 23.9 Å². The minimum Gasteiger partial charge on any atom is -0.486 e. The van der Waals surface area contributed by atoms with Crippen LogP contribution in [0, 0.1) is 19.7 Å². The molecular formula is C20H21FN4O2S. The minimum atomic E-state index is -0.316. The van der Waals surface area contributed by atoms with Gasteiger partial charge in [0, 0.05) is 12.7 Å². The van der Waals surface area contributed by atoms with Gasteiger partial charge in [-0.05, 0) is 49.7 Å². The zero-order chi connectivity index (χ0) is 20.1. The van der Waals surface area contributed by atoms with Crippen molar-refractivity contribution in [2.24, 2.45) is 7.05 Å². The first kappa shape index (κ1) is 19.9. The Morgan fingerprint density at radius 2 is 1.93 bits per heavy atom. The number of nitrogens with one attached hydrogen (secondary N) is 1. The van der Waals surface area contributed by atoms with E-state index in [-0.39, 0.29) is 24.1 Å². The van der Waals surface area contributed by atoms with Gasteiger partial charge in [0.2, 0.25) is 5.91 Å². The smallest absolute Gasteiger partial charge is 0.234 e. The van der Waals surface area contributed by atoms with Gasteiger partial charge >= 0.3 is 0 Å². The van der Waals surface area contributed by atoms with E-state index in [1.54, 1.807) is 16.7 Å². The second-order valence-corrected chi connectivity index (χ2v) is 7.30. The predicted octanol–water partition coefficient (Wildman–Crippen LogP) is 3.88. The van der Waals surface area contributed by atoms with E-state index in [0.717, 1.165) is 16.8 Å². The van der Waals surface area contributed by atoms with Crippen LogP contribution in [0.5, 0.6) is 5.75 Å². The third-order valence-corrected chi connectivity index (χ3v) is 5.12. The van der Waals surface area contributed by atoms with E-state index in [2.05, 4.69) is 15.5 Å². The van der Waals surface area contributed by atoms with Crippen LogP contribution < -0.4 is 10.1 Å². The van der Waals surface area contributed by atoms with Crippen molar-refractivity contribution in [3.05, 3.63) is 65.2 Å². The summed E-state index contributed by atoms with van der Waals surface area (Å²) >= 11 is 1.30. The number of hydrogen-bond donors (Lipinski definition) is 1. The Morgan fingerprint density at radius 3 is 2.64 bits per heavy atom. The first-order valence-corrected chi connectivity index (χ1v) is 9.67. The fraction of sp³-hybridized carbons (Fsp3) is 0.250. The van der Waals surface area contributed by atoms with Crippen LogP contribution in [-0.2, 0) is 18.4 Å². The number of hydrogen-bond acceptors (Lipinski definition) is 5. The molecule has 6 nitrogen and oxygen atoms in total. The molecule has 0 spiro atoms. The fourth-order valence-electron chi connectivity index (χ4n) is 2.55. The molecule has 2 aromatic carbocycles. The van der Waals surface area contributed by atoms with Gasteiger partial charge in [-0.3, -0.25) is 4.79 Å². The number of anilines is 1. The maximum absolute atomic E-state index is 12.9. The third kappa shape index (κ3) is 5.10. The molecule has 3 aromatic rings. The van der Waals surface area contributed by atoms with E-state index in [1.807, 2.05) is 39.1 Å². The normalized spacial score (nSPS) is 10.7. The Kier molecular flexibility index (Phi) is 6.30. The second kappa shape index (κ2) is 8.88. The SMILES string of the molecule is Cc1ccc(NC(=O)CSc2nnc(COc3ccc(F)cc3)n2C)c(C)c1. The first-order chi connectivity index (χ1) is 13.4. The molecule has 1 amide bonds. The Labute approximate surface area is 167 Å². The van der Waals surface area contributed by atoms with Crippen molar-refractivity contribution in [1.82, 2.24) is 14.8 Å². The third-order valence-electron chi connectivity index (χ3n) is 4.10. The lowest BCUT2D eigenvalue weighted by Crippen LogP contribution is -2.15. The summed E-state index contributed by atoms with van der Waals surface area (Å²) in [7, 11) is 1.81. The largest absolute Gasteiger partial charge is 0.486 e. The van der Waals surface area contributed by atoms with Crippen LogP contribution in [0.3, 0.4) is 0 Å². The second-order valence-electron chi connectivity index (χ2n) is 6.36. The summed E-state index contributed by atoms with van der Waals surface area (Å²) < 4.78 is 20.3. The van der Waals surface area contributed by atoms with Crippen molar-refractivity contribution in [2.45, 2.75) is 25.6 Å². The highest BCUT2D eigenvalue weighted by Gasteiger charge is 2.13. The number of rotatable bonds is 7. The number of aryl methyl sites for hydroxylation is 2. The number of carbonyl (C=O) groups is 1. The first-order valence-electron chi connectivity index (χ1n) is 8.69. The Bertz CT molecular complexity index is 973. The van der Waals surface area contributed by atoms with Gasteiger partial charge < -0.3 is 14.6 Å².